The molecule has 2 aromatic rings. The van der Waals surface area contributed by atoms with Crippen molar-refractivity contribution < 1.29 is 9.52 Å². The van der Waals surface area contributed by atoms with E-state index in [4.69, 9.17) is 4.42 Å². The van der Waals surface area contributed by atoms with Gasteiger partial charge in [-0.25, -0.2) is 0 Å². The summed E-state index contributed by atoms with van der Waals surface area (Å²) >= 11 is 0. The molecule has 0 spiro atoms. The lowest BCUT2D eigenvalue weighted by atomic mass is 9.98. The van der Waals surface area contributed by atoms with Crippen molar-refractivity contribution in [1.29, 1.82) is 0 Å². The van der Waals surface area contributed by atoms with E-state index >= 15 is 0 Å². The molecule has 1 unspecified atom stereocenters. The molecule has 0 aliphatic carbocycles. The SMILES string of the molecule is Cc1cncc(C(O)c2c(C)oc(C)c2C)c1. The normalized spacial score (nSPS) is 12.8. The summed E-state index contributed by atoms with van der Waals surface area (Å²) < 4.78 is 5.54. The van der Waals surface area contributed by atoms with Crippen LogP contribution < -0.4 is 0 Å². The summed E-state index contributed by atoms with van der Waals surface area (Å²) in [7, 11) is 0. The molecule has 0 amide bonds. The Labute approximate surface area is 101 Å². The Morgan fingerprint density at radius 1 is 1.12 bits per heavy atom. The minimum atomic E-state index is -0.667. The number of aryl methyl sites for hydroxylation is 3. The van der Waals surface area contributed by atoms with Crippen LogP contribution in [0.15, 0.2) is 22.9 Å². The Balaban J connectivity index is 2.47. The molecule has 2 rings (SSSR count). The lowest BCUT2D eigenvalue weighted by molar-refractivity contribution is 0.217. The molecule has 0 aliphatic heterocycles. The van der Waals surface area contributed by atoms with Crippen molar-refractivity contribution in [3.63, 3.8) is 0 Å². The number of nitrogens with zero attached hydrogens (tertiary/aromatic N) is 1. The van der Waals surface area contributed by atoms with Crippen LogP contribution >= 0.6 is 0 Å². The molecule has 17 heavy (non-hydrogen) atoms. The summed E-state index contributed by atoms with van der Waals surface area (Å²) in [5, 5.41) is 10.4. The molecule has 3 nitrogen and oxygen atoms in total. The van der Waals surface area contributed by atoms with E-state index in [0.717, 1.165) is 33.8 Å². The minimum Gasteiger partial charge on any atom is -0.466 e. The fourth-order valence-electron chi connectivity index (χ4n) is 2.11. The number of aliphatic hydroxyl groups excluding tert-OH is 1. The molecule has 1 N–H and O–H groups in total. The molecule has 0 fully saturated rings. The number of furan rings is 1. The first-order valence-corrected chi connectivity index (χ1v) is 5.66. The third-order valence-corrected chi connectivity index (χ3v) is 3.10. The second-order valence-electron chi connectivity index (χ2n) is 4.45. The van der Waals surface area contributed by atoms with Crippen molar-refractivity contribution in [3.8, 4) is 0 Å². The van der Waals surface area contributed by atoms with E-state index in [0.29, 0.717) is 0 Å². The van der Waals surface area contributed by atoms with Crippen LogP contribution in [0.25, 0.3) is 0 Å². The molecule has 3 heteroatoms. The van der Waals surface area contributed by atoms with Gasteiger partial charge in [-0.2, -0.15) is 0 Å². The van der Waals surface area contributed by atoms with Gasteiger partial charge in [0.05, 0.1) is 0 Å². The van der Waals surface area contributed by atoms with E-state index in [1.807, 2.05) is 33.8 Å². The van der Waals surface area contributed by atoms with Gasteiger partial charge in [0.15, 0.2) is 0 Å². The molecule has 2 aromatic heterocycles. The van der Waals surface area contributed by atoms with Gasteiger partial charge in [-0.05, 0) is 38.8 Å². The van der Waals surface area contributed by atoms with E-state index in [1.54, 1.807) is 12.4 Å². The van der Waals surface area contributed by atoms with Crippen LogP contribution in [0.5, 0.6) is 0 Å². The van der Waals surface area contributed by atoms with E-state index in [1.165, 1.54) is 0 Å². The lowest BCUT2D eigenvalue weighted by Crippen LogP contribution is -2.03. The van der Waals surface area contributed by atoms with Gasteiger partial charge < -0.3 is 9.52 Å². The molecule has 1 atom stereocenters. The highest BCUT2D eigenvalue weighted by Gasteiger charge is 2.20. The van der Waals surface area contributed by atoms with Crippen LogP contribution in [-0.4, -0.2) is 10.1 Å². The average molecular weight is 231 g/mol. The van der Waals surface area contributed by atoms with Crippen molar-refractivity contribution in [1.82, 2.24) is 4.98 Å². The maximum Gasteiger partial charge on any atom is 0.109 e. The quantitative estimate of drug-likeness (QED) is 0.864. The van der Waals surface area contributed by atoms with Crippen LogP contribution in [0, 0.1) is 27.7 Å². The van der Waals surface area contributed by atoms with Gasteiger partial charge in [0.2, 0.25) is 0 Å². The van der Waals surface area contributed by atoms with Gasteiger partial charge in [0, 0.05) is 23.5 Å². The van der Waals surface area contributed by atoms with Gasteiger partial charge in [-0.3, -0.25) is 4.98 Å². The van der Waals surface area contributed by atoms with Gasteiger partial charge >= 0.3 is 0 Å². The highest BCUT2D eigenvalue weighted by molar-refractivity contribution is 5.38. The molecule has 0 bridgehead atoms. The summed E-state index contributed by atoms with van der Waals surface area (Å²) in [6, 6.07) is 1.94. The minimum absolute atomic E-state index is 0.667. The molecule has 0 aliphatic rings. The second kappa shape index (κ2) is 4.34. The van der Waals surface area contributed by atoms with E-state index in [9.17, 15) is 5.11 Å². The summed E-state index contributed by atoms with van der Waals surface area (Å²) in [4.78, 5) is 4.11. The molecule has 0 saturated heterocycles. The van der Waals surface area contributed by atoms with Gasteiger partial charge in [-0.15, -0.1) is 0 Å². The van der Waals surface area contributed by atoms with Crippen molar-refractivity contribution in [2.75, 3.05) is 0 Å². The molecule has 2 heterocycles. The molecule has 90 valence electrons. The van der Waals surface area contributed by atoms with Gasteiger partial charge in [0.25, 0.3) is 0 Å². The predicted octanol–water partition coefficient (Wildman–Crippen LogP) is 2.99. The van der Waals surface area contributed by atoms with Gasteiger partial charge in [-0.1, -0.05) is 6.07 Å². The molecule has 0 saturated carbocycles. The Bertz CT molecular complexity index is 543. The monoisotopic (exact) mass is 231 g/mol. The third kappa shape index (κ3) is 2.11. The van der Waals surface area contributed by atoms with Crippen molar-refractivity contribution in [2.45, 2.75) is 33.8 Å². The fourth-order valence-corrected chi connectivity index (χ4v) is 2.11. The average Bonchev–Trinajstić information content (AvgIpc) is 2.52. The maximum atomic E-state index is 10.4. The van der Waals surface area contributed by atoms with E-state index in [2.05, 4.69) is 4.98 Å². The van der Waals surface area contributed by atoms with E-state index < -0.39 is 6.10 Å². The zero-order valence-electron chi connectivity index (χ0n) is 10.6. The molecular formula is C14H17NO2. The molecule has 0 aromatic carbocycles. The number of rotatable bonds is 2. The van der Waals surface area contributed by atoms with Crippen LogP contribution in [0.4, 0.5) is 0 Å². The lowest BCUT2D eigenvalue weighted by Gasteiger charge is -2.11. The summed E-state index contributed by atoms with van der Waals surface area (Å²) in [5.74, 6) is 1.63. The zero-order chi connectivity index (χ0) is 12.6. The Hall–Kier alpha value is -1.61. The second-order valence-corrected chi connectivity index (χ2v) is 4.45. The van der Waals surface area contributed by atoms with Crippen molar-refractivity contribution >= 4 is 0 Å². The highest BCUT2D eigenvalue weighted by Crippen LogP contribution is 2.31. The Kier molecular flexibility index (Phi) is 3.03. The van der Waals surface area contributed by atoms with Crippen LogP contribution in [0.1, 0.15) is 39.9 Å². The summed E-state index contributed by atoms with van der Waals surface area (Å²) in [5.41, 5.74) is 3.71. The Morgan fingerprint density at radius 3 is 2.35 bits per heavy atom. The van der Waals surface area contributed by atoms with Crippen LogP contribution in [0.2, 0.25) is 0 Å². The van der Waals surface area contributed by atoms with Crippen molar-refractivity contribution in [3.05, 3.63) is 52.2 Å². The highest BCUT2D eigenvalue weighted by atomic mass is 16.3. The summed E-state index contributed by atoms with van der Waals surface area (Å²) in [6.45, 7) is 7.71. The molecule has 0 radical (unpaired) electrons. The smallest absolute Gasteiger partial charge is 0.109 e. The van der Waals surface area contributed by atoms with Crippen LogP contribution in [0.3, 0.4) is 0 Å². The number of aliphatic hydroxyl groups is 1. The topological polar surface area (TPSA) is 46.3 Å². The van der Waals surface area contributed by atoms with Gasteiger partial charge in [0.1, 0.15) is 17.6 Å². The summed E-state index contributed by atoms with van der Waals surface area (Å²) in [6.07, 6.45) is 2.80. The first-order valence-electron chi connectivity index (χ1n) is 5.66. The maximum absolute atomic E-state index is 10.4. The number of hydrogen-bond acceptors (Lipinski definition) is 3. The number of aromatic nitrogens is 1. The Morgan fingerprint density at radius 2 is 1.82 bits per heavy atom. The van der Waals surface area contributed by atoms with E-state index in [-0.39, 0.29) is 0 Å². The number of pyridine rings is 1. The predicted molar refractivity (Wildman–Crippen MR) is 66.0 cm³/mol. The van der Waals surface area contributed by atoms with Crippen LogP contribution in [-0.2, 0) is 0 Å². The third-order valence-electron chi connectivity index (χ3n) is 3.10. The zero-order valence-corrected chi connectivity index (χ0v) is 10.6. The first kappa shape index (κ1) is 11.9. The first-order chi connectivity index (χ1) is 8.00. The standard InChI is InChI=1S/C14H17NO2/c1-8-5-12(7-15-6-8)14(16)13-9(2)10(3)17-11(13)4/h5-7,14,16H,1-4H3. The largest absolute Gasteiger partial charge is 0.466 e. The molecular weight excluding hydrogens is 214 g/mol. The number of hydrogen-bond donors (Lipinski definition) is 1. The van der Waals surface area contributed by atoms with Crippen molar-refractivity contribution in [2.24, 2.45) is 0 Å². The fraction of sp³-hybridized carbons (Fsp3) is 0.357.